The number of H-pyrrole nitrogens is 1. The van der Waals surface area contributed by atoms with Crippen LogP contribution in [0.2, 0.25) is 5.02 Å². The third-order valence-corrected chi connectivity index (χ3v) is 3.99. The second-order valence-corrected chi connectivity index (χ2v) is 5.88. The number of aromatic nitrogens is 1. The van der Waals surface area contributed by atoms with E-state index in [1.807, 2.05) is 0 Å². The lowest BCUT2D eigenvalue weighted by molar-refractivity contribution is 0.0864. The summed E-state index contributed by atoms with van der Waals surface area (Å²) in [4.78, 5) is 16.3. The SMILES string of the molecule is CN(C(=N)N)C(=O)c1cc2c(Cl)cc(Oc3ccc(N)cc3)cc2[nH]1. The van der Waals surface area contributed by atoms with Crippen LogP contribution < -0.4 is 16.2 Å². The molecule has 128 valence electrons. The van der Waals surface area contributed by atoms with Crippen molar-refractivity contribution in [1.29, 1.82) is 5.41 Å². The summed E-state index contributed by atoms with van der Waals surface area (Å²) in [6.45, 7) is 0. The second kappa shape index (κ2) is 6.37. The molecule has 3 rings (SSSR count). The van der Waals surface area contributed by atoms with E-state index in [0.717, 1.165) is 4.90 Å². The van der Waals surface area contributed by atoms with E-state index >= 15 is 0 Å². The Labute approximate surface area is 148 Å². The van der Waals surface area contributed by atoms with E-state index in [9.17, 15) is 4.79 Å². The van der Waals surface area contributed by atoms with Gasteiger partial charge in [-0.3, -0.25) is 15.1 Å². The normalized spacial score (nSPS) is 10.6. The number of halogens is 1. The molecule has 0 saturated carbocycles. The van der Waals surface area contributed by atoms with Crippen molar-refractivity contribution >= 4 is 40.1 Å². The van der Waals surface area contributed by atoms with Gasteiger partial charge in [-0.05, 0) is 30.3 Å². The van der Waals surface area contributed by atoms with Gasteiger partial charge >= 0.3 is 0 Å². The number of aromatic amines is 1. The fraction of sp³-hybridized carbons (Fsp3) is 0.0588. The Hall–Kier alpha value is -3.19. The summed E-state index contributed by atoms with van der Waals surface area (Å²) in [6, 6.07) is 12.0. The number of carbonyl (C=O) groups excluding carboxylic acids is 1. The van der Waals surface area contributed by atoms with Crippen LogP contribution in [0, 0.1) is 5.41 Å². The highest BCUT2D eigenvalue weighted by Gasteiger charge is 2.18. The number of anilines is 1. The van der Waals surface area contributed by atoms with Crippen molar-refractivity contribution in [3.63, 3.8) is 0 Å². The molecule has 25 heavy (non-hydrogen) atoms. The lowest BCUT2D eigenvalue weighted by Gasteiger charge is -2.12. The number of nitrogens with two attached hydrogens (primary N) is 2. The third-order valence-electron chi connectivity index (χ3n) is 3.67. The molecular formula is C17H16ClN5O2. The molecule has 7 nitrogen and oxygen atoms in total. The third kappa shape index (κ3) is 3.36. The van der Waals surface area contributed by atoms with E-state index < -0.39 is 5.91 Å². The van der Waals surface area contributed by atoms with Crippen LogP contribution in [0.15, 0.2) is 42.5 Å². The van der Waals surface area contributed by atoms with E-state index in [-0.39, 0.29) is 11.7 Å². The molecule has 0 fully saturated rings. The van der Waals surface area contributed by atoms with Gasteiger partial charge in [0.05, 0.1) is 10.5 Å². The first-order valence-electron chi connectivity index (χ1n) is 7.33. The number of nitrogen functional groups attached to an aromatic ring is 1. The van der Waals surface area contributed by atoms with Crippen LogP contribution in [0.1, 0.15) is 10.5 Å². The molecule has 2 aromatic carbocycles. The van der Waals surface area contributed by atoms with Gasteiger partial charge in [0.1, 0.15) is 17.2 Å². The highest BCUT2D eigenvalue weighted by atomic mass is 35.5. The zero-order valence-electron chi connectivity index (χ0n) is 13.3. The van der Waals surface area contributed by atoms with Gasteiger partial charge in [-0.2, -0.15) is 0 Å². The van der Waals surface area contributed by atoms with Crippen LogP contribution in [0.5, 0.6) is 11.5 Å². The van der Waals surface area contributed by atoms with Crippen LogP contribution in [-0.2, 0) is 0 Å². The molecule has 6 N–H and O–H groups in total. The molecule has 0 atom stereocenters. The van der Waals surface area contributed by atoms with Crippen LogP contribution >= 0.6 is 11.6 Å². The Morgan fingerprint density at radius 2 is 1.88 bits per heavy atom. The first kappa shape index (κ1) is 16.7. The number of fused-ring (bicyclic) bond motifs is 1. The number of nitrogens with zero attached hydrogens (tertiary/aromatic N) is 1. The molecule has 0 aliphatic heterocycles. The van der Waals surface area contributed by atoms with E-state index in [1.165, 1.54) is 7.05 Å². The van der Waals surface area contributed by atoms with Crippen molar-refractivity contribution in [3.8, 4) is 11.5 Å². The molecule has 0 aliphatic rings. The number of hydrogen-bond acceptors (Lipinski definition) is 4. The van der Waals surface area contributed by atoms with Gasteiger partial charge in [0.15, 0.2) is 5.96 Å². The summed E-state index contributed by atoms with van der Waals surface area (Å²) in [6.07, 6.45) is 0. The number of hydrogen-bond donors (Lipinski definition) is 4. The fourth-order valence-corrected chi connectivity index (χ4v) is 2.57. The highest BCUT2D eigenvalue weighted by Crippen LogP contribution is 2.32. The number of carbonyl (C=O) groups is 1. The van der Waals surface area contributed by atoms with E-state index in [2.05, 4.69) is 4.98 Å². The molecule has 0 unspecified atom stereocenters. The van der Waals surface area contributed by atoms with Gasteiger partial charge in [0.25, 0.3) is 5.91 Å². The van der Waals surface area contributed by atoms with Crippen molar-refractivity contribution in [3.05, 3.63) is 53.2 Å². The smallest absolute Gasteiger partial charge is 0.276 e. The summed E-state index contributed by atoms with van der Waals surface area (Å²) < 4.78 is 5.77. The zero-order chi connectivity index (χ0) is 18.1. The molecule has 8 heteroatoms. The van der Waals surface area contributed by atoms with Gasteiger partial charge in [0, 0.05) is 30.3 Å². The van der Waals surface area contributed by atoms with Crippen molar-refractivity contribution < 1.29 is 9.53 Å². The standard InChI is InChI=1S/C17H16ClN5O2/c1-23(17(20)21)16(24)15-8-12-13(18)6-11(7-14(12)22-15)25-10-4-2-9(19)3-5-10/h2-8,22H,19H2,1H3,(H3,20,21). The first-order valence-corrected chi connectivity index (χ1v) is 7.70. The van der Waals surface area contributed by atoms with Gasteiger partial charge in [-0.15, -0.1) is 0 Å². The van der Waals surface area contributed by atoms with E-state index in [1.54, 1.807) is 42.5 Å². The molecule has 0 aliphatic carbocycles. The predicted octanol–water partition coefficient (Wildman–Crippen LogP) is 3.16. The maximum absolute atomic E-state index is 12.3. The summed E-state index contributed by atoms with van der Waals surface area (Å²) in [5.41, 5.74) is 12.5. The second-order valence-electron chi connectivity index (χ2n) is 5.47. The Morgan fingerprint density at radius 3 is 2.52 bits per heavy atom. The topological polar surface area (TPSA) is 121 Å². The molecule has 1 aromatic heterocycles. The molecule has 0 saturated heterocycles. The molecule has 1 amide bonds. The number of rotatable bonds is 3. The summed E-state index contributed by atoms with van der Waals surface area (Å²) >= 11 is 6.30. The van der Waals surface area contributed by atoms with Crippen LogP contribution in [-0.4, -0.2) is 28.8 Å². The minimum atomic E-state index is -0.430. The van der Waals surface area contributed by atoms with Crippen LogP contribution in [0.25, 0.3) is 10.9 Å². The summed E-state index contributed by atoms with van der Waals surface area (Å²) in [7, 11) is 1.42. The summed E-state index contributed by atoms with van der Waals surface area (Å²) in [5.74, 6) is 0.356. The Bertz CT molecular complexity index is 965. The monoisotopic (exact) mass is 357 g/mol. The number of guanidine groups is 1. The molecule has 1 heterocycles. The maximum atomic E-state index is 12.3. The number of nitrogens with one attached hydrogen (secondary N) is 2. The van der Waals surface area contributed by atoms with E-state index in [0.29, 0.717) is 33.1 Å². The lowest BCUT2D eigenvalue weighted by Crippen LogP contribution is -2.38. The van der Waals surface area contributed by atoms with Crippen LogP contribution in [0.4, 0.5) is 5.69 Å². The molecule has 0 spiro atoms. The Morgan fingerprint density at radius 1 is 1.20 bits per heavy atom. The average Bonchev–Trinajstić information content (AvgIpc) is 3.00. The summed E-state index contributed by atoms with van der Waals surface area (Å²) in [5, 5.41) is 8.45. The molecular weight excluding hydrogens is 342 g/mol. The number of amides is 1. The number of benzene rings is 2. The first-order chi connectivity index (χ1) is 11.8. The van der Waals surface area contributed by atoms with Crippen molar-refractivity contribution in [2.75, 3.05) is 12.8 Å². The largest absolute Gasteiger partial charge is 0.457 e. The van der Waals surface area contributed by atoms with Crippen molar-refractivity contribution in [2.45, 2.75) is 0 Å². The van der Waals surface area contributed by atoms with Crippen molar-refractivity contribution in [1.82, 2.24) is 9.88 Å². The fourth-order valence-electron chi connectivity index (χ4n) is 2.30. The van der Waals surface area contributed by atoms with Crippen LogP contribution in [0.3, 0.4) is 0 Å². The highest BCUT2D eigenvalue weighted by molar-refractivity contribution is 6.35. The Balaban J connectivity index is 1.94. The van der Waals surface area contributed by atoms with Gasteiger partial charge in [0.2, 0.25) is 0 Å². The Kier molecular flexibility index (Phi) is 4.24. The van der Waals surface area contributed by atoms with Gasteiger partial charge < -0.3 is 21.2 Å². The van der Waals surface area contributed by atoms with E-state index in [4.69, 9.17) is 33.2 Å². The molecule has 3 aromatic rings. The molecule has 0 bridgehead atoms. The molecule has 0 radical (unpaired) electrons. The van der Waals surface area contributed by atoms with Gasteiger partial charge in [-0.25, -0.2) is 0 Å². The average molecular weight is 358 g/mol. The quantitative estimate of drug-likeness (QED) is 0.327. The zero-order valence-corrected chi connectivity index (χ0v) is 14.1. The lowest BCUT2D eigenvalue weighted by atomic mass is 10.2. The minimum absolute atomic E-state index is 0.277. The maximum Gasteiger partial charge on any atom is 0.276 e. The predicted molar refractivity (Wildman–Crippen MR) is 98.2 cm³/mol. The minimum Gasteiger partial charge on any atom is -0.457 e. The van der Waals surface area contributed by atoms with Gasteiger partial charge in [-0.1, -0.05) is 11.6 Å². The number of ether oxygens (including phenoxy) is 1. The van der Waals surface area contributed by atoms with Crippen molar-refractivity contribution in [2.24, 2.45) is 5.73 Å².